The molecule has 1 N–H and O–H groups in total. The average molecular weight is 535 g/mol. The largest absolute Gasteiger partial charge is 0.472 e. The molecule has 2 atom stereocenters. The molecular formula is C26H30F4N6O2. The van der Waals surface area contributed by atoms with E-state index in [1.165, 1.54) is 0 Å². The smallest absolute Gasteiger partial charge is 0.419 e. The van der Waals surface area contributed by atoms with Crippen molar-refractivity contribution in [2.45, 2.75) is 50.9 Å². The predicted octanol–water partition coefficient (Wildman–Crippen LogP) is 5.06. The van der Waals surface area contributed by atoms with Crippen LogP contribution in [0.3, 0.4) is 0 Å². The fraction of sp³-hybridized carbons (Fsp3) is 0.577. The van der Waals surface area contributed by atoms with Crippen molar-refractivity contribution in [2.24, 2.45) is 11.8 Å². The van der Waals surface area contributed by atoms with Gasteiger partial charge < -0.3 is 19.7 Å². The number of nitrogens with one attached hydrogen (secondary N) is 1. The topological polar surface area (TPSA) is 77.3 Å². The van der Waals surface area contributed by atoms with Gasteiger partial charge in [0, 0.05) is 49.9 Å². The second-order valence-corrected chi connectivity index (χ2v) is 10.4. The monoisotopic (exact) mass is 534 g/mol. The Morgan fingerprint density at radius 2 is 1.84 bits per heavy atom. The summed E-state index contributed by atoms with van der Waals surface area (Å²) >= 11 is 0. The van der Waals surface area contributed by atoms with Gasteiger partial charge in [-0.25, -0.2) is 14.4 Å². The van der Waals surface area contributed by atoms with E-state index in [1.807, 2.05) is 19.2 Å². The number of pyridine rings is 2. The number of fused-ring (bicyclic) bond motifs is 2. The summed E-state index contributed by atoms with van der Waals surface area (Å²) in [4.78, 5) is 10.6. The molecule has 1 saturated carbocycles. The minimum Gasteiger partial charge on any atom is -0.472 e. The molecule has 2 unspecified atom stereocenters. The van der Waals surface area contributed by atoms with Crippen molar-refractivity contribution in [3.8, 4) is 5.88 Å². The van der Waals surface area contributed by atoms with Gasteiger partial charge in [0.15, 0.2) is 11.6 Å². The Labute approximate surface area is 217 Å². The second-order valence-electron chi connectivity index (χ2n) is 10.4. The van der Waals surface area contributed by atoms with Crippen LogP contribution >= 0.6 is 0 Å². The zero-order valence-corrected chi connectivity index (χ0v) is 21.0. The maximum absolute atomic E-state index is 14.4. The van der Waals surface area contributed by atoms with E-state index in [1.54, 1.807) is 0 Å². The Morgan fingerprint density at radius 3 is 2.53 bits per heavy atom. The molecule has 0 spiro atoms. The summed E-state index contributed by atoms with van der Waals surface area (Å²) in [6.07, 6.45) is 0.0771. The quantitative estimate of drug-likeness (QED) is 0.443. The highest BCUT2D eigenvalue weighted by Gasteiger charge is 2.39. The fourth-order valence-corrected chi connectivity index (χ4v) is 5.96. The molecule has 0 aromatic carbocycles. The Morgan fingerprint density at radius 1 is 1.11 bits per heavy atom. The molecule has 0 radical (unpaired) electrons. The van der Waals surface area contributed by atoms with E-state index < -0.39 is 29.5 Å². The Balaban J connectivity index is 1.22. The van der Waals surface area contributed by atoms with Gasteiger partial charge in [0.05, 0.1) is 35.7 Å². The van der Waals surface area contributed by atoms with Crippen molar-refractivity contribution >= 4 is 22.5 Å². The summed E-state index contributed by atoms with van der Waals surface area (Å²) in [6, 6.07) is 2.73. The van der Waals surface area contributed by atoms with Crippen molar-refractivity contribution in [3.05, 3.63) is 35.9 Å². The molecule has 3 aromatic rings. The summed E-state index contributed by atoms with van der Waals surface area (Å²) in [6.45, 7) is 6.15. The molecule has 0 amide bonds. The molecule has 3 aliphatic rings. The van der Waals surface area contributed by atoms with Crippen LogP contribution in [0.2, 0.25) is 0 Å². The van der Waals surface area contributed by atoms with Gasteiger partial charge in [0.2, 0.25) is 0 Å². The lowest BCUT2D eigenvalue weighted by molar-refractivity contribution is -0.140. The van der Waals surface area contributed by atoms with Crippen LogP contribution in [0.1, 0.15) is 44.2 Å². The lowest BCUT2D eigenvalue weighted by atomic mass is 9.93. The molecular weight excluding hydrogens is 504 g/mol. The van der Waals surface area contributed by atoms with E-state index in [2.05, 4.69) is 24.9 Å². The van der Waals surface area contributed by atoms with Crippen LogP contribution in [0.5, 0.6) is 5.88 Å². The third-order valence-electron chi connectivity index (χ3n) is 7.90. The van der Waals surface area contributed by atoms with E-state index in [0.29, 0.717) is 43.6 Å². The molecule has 2 aliphatic heterocycles. The number of ether oxygens (including phenoxy) is 2. The molecule has 38 heavy (non-hydrogen) atoms. The third-order valence-corrected chi connectivity index (χ3v) is 7.90. The second kappa shape index (κ2) is 9.87. The van der Waals surface area contributed by atoms with Gasteiger partial charge in [-0.3, -0.25) is 4.68 Å². The lowest BCUT2D eigenvalue weighted by Crippen LogP contribution is -2.27. The summed E-state index contributed by atoms with van der Waals surface area (Å²) in [7, 11) is 0. The highest BCUT2D eigenvalue weighted by Crippen LogP contribution is 2.40. The molecule has 3 aromatic heterocycles. The van der Waals surface area contributed by atoms with Crippen molar-refractivity contribution in [1.29, 1.82) is 0 Å². The van der Waals surface area contributed by atoms with Crippen molar-refractivity contribution in [3.63, 3.8) is 0 Å². The van der Waals surface area contributed by atoms with Gasteiger partial charge in [-0.05, 0) is 38.7 Å². The van der Waals surface area contributed by atoms with E-state index in [4.69, 9.17) is 14.6 Å². The first-order valence-electron chi connectivity index (χ1n) is 13.1. The number of anilines is 2. The van der Waals surface area contributed by atoms with Gasteiger partial charge in [-0.1, -0.05) is 0 Å². The fourth-order valence-electron chi connectivity index (χ4n) is 5.96. The zero-order chi connectivity index (χ0) is 26.4. The molecule has 3 fully saturated rings. The molecule has 6 rings (SSSR count). The molecule has 204 valence electrons. The normalized spacial score (nSPS) is 25.7. The number of nitrogens with zero attached hydrogens (tertiary/aromatic N) is 5. The van der Waals surface area contributed by atoms with E-state index in [-0.39, 0.29) is 6.04 Å². The Hall–Kier alpha value is -3.15. The van der Waals surface area contributed by atoms with Gasteiger partial charge >= 0.3 is 6.18 Å². The first-order chi connectivity index (χ1) is 18.3. The summed E-state index contributed by atoms with van der Waals surface area (Å²) in [5.74, 6) is 0.679. The van der Waals surface area contributed by atoms with Gasteiger partial charge in [-0.15, -0.1) is 0 Å². The highest BCUT2D eigenvalue weighted by atomic mass is 19.4. The standard InChI is InChI=1S/C26H30F4N6O2/c1-2-31-22-9-21-19(10-33-22)24(35-11-15-13-37-14-16(15)12-35)34-36(21)17-3-5-18(6-4-17)38-25-23(27)20(7-8-32-25)26(28,29)30/h7-10,15-18H,2-6,11-14H2,1H3,(H,31,33)/t15?,16?,17-,18+. The number of hydrogen-bond acceptors (Lipinski definition) is 7. The van der Waals surface area contributed by atoms with Crippen LogP contribution < -0.4 is 15.0 Å². The van der Waals surface area contributed by atoms with Gasteiger partial charge in [0.25, 0.3) is 5.88 Å². The Bertz CT molecular complexity index is 1290. The zero-order valence-electron chi connectivity index (χ0n) is 21.0. The van der Waals surface area contributed by atoms with Gasteiger partial charge in [0.1, 0.15) is 11.9 Å². The lowest BCUT2D eigenvalue weighted by Gasteiger charge is -2.29. The molecule has 1 aliphatic carbocycles. The molecule has 2 saturated heterocycles. The van der Waals surface area contributed by atoms with Gasteiger partial charge in [-0.2, -0.15) is 18.3 Å². The third kappa shape index (κ3) is 4.63. The van der Waals surface area contributed by atoms with E-state index >= 15 is 0 Å². The minimum absolute atomic E-state index is 0.0766. The predicted molar refractivity (Wildman–Crippen MR) is 133 cm³/mol. The first-order valence-corrected chi connectivity index (χ1v) is 13.1. The SMILES string of the molecule is CCNc1cc2c(cn1)c(N1CC3COCC3C1)nn2[C@H]1CC[C@@H](Oc2nccc(C(F)(F)F)c2F)CC1. The Kier molecular flexibility index (Phi) is 6.53. The number of alkyl halides is 3. The highest BCUT2D eigenvalue weighted by molar-refractivity contribution is 5.91. The van der Waals surface area contributed by atoms with Crippen molar-refractivity contribution in [1.82, 2.24) is 19.7 Å². The summed E-state index contributed by atoms with van der Waals surface area (Å²) in [5, 5.41) is 9.35. The average Bonchev–Trinajstić information content (AvgIpc) is 3.59. The van der Waals surface area contributed by atoms with Crippen molar-refractivity contribution in [2.75, 3.05) is 43.1 Å². The molecule has 5 heterocycles. The first kappa shape index (κ1) is 25.1. The van der Waals surface area contributed by atoms with E-state index in [9.17, 15) is 17.6 Å². The van der Waals surface area contributed by atoms with Crippen LogP contribution in [-0.4, -0.2) is 58.7 Å². The molecule has 8 nitrogen and oxygen atoms in total. The van der Waals surface area contributed by atoms with E-state index in [0.717, 1.165) is 61.6 Å². The number of halogens is 4. The van der Waals surface area contributed by atoms with Crippen LogP contribution in [0.4, 0.5) is 29.2 Å². The number of hydrogen-bond donors (Lipinski definition) is 1. The minimum atomic E-state index is -4.80. The summed E-state index contributed by atoms with van der Waals surface area (Å²) < 4.78 is 67.0. The number of aromatic nitrogens is 4. The number of rotatable bonds is 6. The van der Waals surface area contributed by atoms with Crippen LogP contribution in [-0.2, 0) is 10.9 Å². The maximum atomic E-state index is 14.4. The summed E-state index contributed by atoms with van der Waals surface area (Å²) in [5.41, 5.74) is -0.372. The molecule has 0 bridgehead atoms. The van der Waals surface area contributed by atoms with Crippen LogP contribution in [0.25, 0.3) is 10.9 Å². The van der Waals surface area contributed by atoms with Crippen LogP contribution in [0.15, 0.2) is 24.5 Å². The van der Waals surface area contributed by atoms with Crippen molar-refractivity contribution < 1.29 is 27.0 Å². The van der Waals surface area contributed by atoms with Crippen LogP contribution in [0, 0.1) is 17.7 Å². The molecule has 12 heteroatoms. The maximum Gasteiger partial charge on any atom is 0.419 e.